The van der Waals surface area contributed by atoms with Crippen LogP contribution in [0.1, 0.15) is 46.6 Å². The number of rotatable bonds is 5. The molecule has 138 valence electrons. The van der Waals surface area contributed by atoms with Crippen LogP contribution in [-0.4, -0.2) is 55.1 Å². The molecule has 0 spiro atoms. The van der Waals surface area contributed by atoms with Crippen LogP contribution in [-0.2, 0) is 13.6 Å². The largest absolute Gasteiger partial charge is 0.348 e. The minimum Gasteiger partial charge on any atom is -0.348 e. The number of hydrogen-bond acceptors (Lipinski definition) is 6. The fourth-order valence-electron chi connectivity index (χ4n) is 3.52. The van der Waals surface area contributed by atoms with Gasteiger partial charge >= 0.3 is 0 Å². The van der Waals surface area contributed by atoms with Crippen molar-refractivity contribution in [1.29, 1.82) is 0 Å². The average molecular weight is 373 g/mol. The van der Waals surface area contributed by atoms with E-state index >= 15 is 0 Å². The highest BCUT2D eigenvalue weighted by Crippen LogP contribution is 2.36. The molecule has 1 saturated carbocycles. The SMILES string of the molecule is Cc1nc2sccn2c1C(=O)NC1CC(c2nnc(CN(C)C)n2C)C1. The third kappa shape index (κ3) is 2.90. The molecule has 3 heterocycles. The van der Waals surface area contributed by atoms with Crippen LogP contribution >= 0.6 is 11.3 Å². The molecule has 0 unspecified atom stereocenters. The molecule has 0 aromatic carbocycles. The Balaban J connectivity index is 1.40. The fraction of sp³-hybridized carbons (Fsp3) is 0.529. The molecule has 1 aliphatic carbocycles. The number of carbonyl (C=O) groups excluding carboxylic acids is 1. The number of hydrogen-bond donors (Lipinski definition) is 1. The van der Waals surface area contributed by atoms with E-state index in [0.29, 0.717) is 11.6 Å². The van der Waals surface area contributed by atoms with E-state index in [0.717, 1.165) is 41.7 Å². The van der Waals surface area contributed by atoms with Gasteiger partial charge in [-0.25, -0.2) is 4.98 Å². The summed E-state index contributed by atoms with van der Waals surface area (Å²) >= 11 is 1.53. The molecule has 1 amide bonds. The number of nitrogens with zero attached hydrogens (tertiary/aromatic N) is 6. The first-order valence-corrected chi connectivity index (χ1v) is 9.58. The Bertz CT molecular complexity index is 948. The summed E-state index contributed by atoms with van der Waals surface area (Å²) in [6.45, 7) is 2.65. The van der Waals surface area contributed by atoms with Gasteiger partial charge in [-0.15, -0.1) is 21.5 Å². The number of carbonyl (C=O) groups is 1. The molecule has 0 radical (unpaired) electrons. The Hall–Kier alpha value is -2.26. The molecule has 4 rings (SSSR count). The summed E-state index contributed by atoms with van der Waals surface area (Å²) in [5.41, 5.74) is 1.41. The molecule has 0 atom stereocenters. The zero-order valence-corrected chi connectivity index (χ0v) is 16.2. The second-order valence-corrected chi connectivity index (χ2v) is 8.08. The highest BCUT2D eigenvalue weighted by molar-refractivity contribution is 7.15. The standard InChI is InChI=1S/C17H23N7OS/c1-10-14(24-5-6-26-17(24)18-10)16(25)19-12-7-11(8-12)15-21-20-13(23(15)4)9-22(2)3/h5-6,11-12H,7-9H2,1-4H3,(H,19,25). The molecule has 9 heteroatoms. The van der Waals surface area contributed by atoms with E-state index in [1.54, 1.807) is 0 Å². The van der Waals surface area contributed by atoms with E-state index in [2.05, 4.69) is 30.0 Å². The van der Waals surface area contributed by atoms with E-state index in [4.69, 9.17) is 0 Å². The van der Waals surface area contributed by atoms with Crippen LogP contribution in [0.2, 0.25) is 0 Å². The van der Waals surface area contributed by atoms with Gasteiger partial charge in [0.1, 0.15) is 17.3 Å². The minimum atomic E-state index is -0.0527. The molecule has 8 nitrogen and oxygen atoms in total. The van der Waals surface area contributed by atoms with Gasteiger partial charge in [0.15, 0.2) is 4.96 Å². The van der Waals surface area contributed by atoms with E-state index in [-0.39, 0.29) is 11.9 Å². The molecule has 26 heavy (non-hydrogen) atoms. The summed E-state index contributed by atoms with van der Waals surface area (Å²) < 4.78 is 3.94. The summed E-state index contributed by atoms with van der Waals surface area (Å²) in [5.74, 6) is 2.27. The normalized spacial score (nSPS) is 19.9. The van der Waals surface area contributed by atoms with Gasteiger partial charge in [0, 0.05) is 30.6 Å². The number of thiazole rings is 1. The summed E-state index contributed by atoms with van der Waals surface area (Å²) in [6, 6.07) is 0.171. The Morgan fingerprint density at radius 3 is 2.88 bits per heavy atom. The zero-order valence-electron chi connectivity index (χ0n) is 15.4. The van der Waals surface area contributed by atoms with Crippen molar-refractivity contribution in [3.63, 3.8) is 0 Å². The molecule has 1 aliphatic rings. The summed E-state index contributed by atoms with van der Waals surface area (Å²) in [7, 11) is 6.06. The lowest BCUT2D eigenvalue weighted by Gasteiger charge is -2.35. The predicted molar refractivity (Wildman–Crippen MR) is 99.4 cm³/mol. The maximum Gasteiger partial charge on any atom is 0.270 e. The van der Waals surface area contributed by atoms with Crippen LogP contribution in [0.5, 0.6) is 0 Å². The van der Waals surface area contributed by atoms with Gasteiger partial charge in [-0.2, -0.15) is 0 Å². The second-order valence-electron chi connectivity index (χ2n) is 7.21. The molecule has 3 aromatic rings. The second kappa shape index (κ2) is 6.48. The lowest BCUT2D eigenvalue weighted by Crippen LogP contribution is -2.44. The van der Waals surface area contributed by atoms with Crippen molar-refractivity contribution in [2.75, 3.05) is 14.1 Å². The molecule has 3 aromatic heterocycles. The van der Waals surface area contributed by atoms with Crippen LogP contribution in [0.25, 0.3) is 4.96 Å². The number of imidazole rings is 1. The smallest absolute Gasteiger partial charge is 0.270 e. The molecule has 1 fully saturated rings. The lowest BCUT2D eigenvalue weighted by atomic mass is 9.79. The van der Waals surface area contributed by atoms with Gasteiger partial charge in [0.2, 0.25) is 0 Å². The van der Waals surface area contributed by atoms with Gasteiger partial charge in [0.25, 0.3) is 5.91 Å². The molecule has 1 N–H and O–H groups in total. The maximum absolute atomic E-state index is 12.7. The first kappa shape index (κ1) is 17.2. The summed E-state index contributed by atoms with van der Waals surface area (Å²) in [5, 5.41) is 13.7. The Morgan fingerprint density at radius 1 is 1.38 bits per heavy atom. The topological polar surface area (TPSA) is 80.3 Å². The Kier molecular flexibility index (Phi) is 4.28. The summed E-state index contributed by atoms with van der Waals surface area (Å²) in [6.07, 6.45) is 3.68. The van der Waals surface area contributed by atoms with Crippen molar-refractivity contribution < 1.29 is 4.79 Å². The van der Waals surface area contributed by atoms with Crippen LogP contribution in [0.15, 0.2) is 11.6 Å². The monoisotopic (exact) mass is 373 g/mol. The van der Waals surface area contributed by atoms with Gasteiger partial charge in [-0.05, 0) is 33.9 Å². The zero-order chi connectivity index (χ0) is 18.4. The Labute approximate surface area is 155 Å². The quantitative estimate of drug-likeness (QED) is 0.734. The average Bonchev–Trinajstić information content (AvgIpc) is 3.18. The lowest BCUT2D eigenvalue weighted by molar-refractivity contribution is 0.0900. The minimum absolute atomic E-state index is 0.0527. The molecular weight excluding hydrogens is 350 g/mol. The number of amides is 1. The van der Waals surface area contributed by atoms with E-state index in [1.807, 2.05) is 44.0 Å². The number of aryl methyl sites for hydroxylation is 1. The Morgan fingerprint density at radius 2 is 2.15 bits per heavy atom. The molecular formula is C17H23N7OS. The number of aromatic nitrogens is 5. The molecule has 0 saturated heterocycles. The number of nitrogens with one attached hydrogen (secondary N) is 1. The van der Waals surface area contributed by atoms with Crippen molar-refractivity contribution >= 4 is 22.2 Å². The molecule has 0 bridgehead atoms. The van der Waals surface area contributed by atoms with Gasteiger partial charge < -0.3 is 14.8 Å². The molecule has 0 aliphatic heterocycles. The van der Waals surface area contributed by atoms with Crippen LogP contribution < -0.4 is 5.32 Å². The van der Waals surface area contributed by atoms with Crippen molar-refractivity contribution in [2.45, 2.75) is 38.3 Å². The first-order chi connectivity index (χ1) is 12.4. The van der Waals surface area contributed by atoms with Crippen molar-refractivity contribution in [3.05, 3.63) is 34.6 Å². The highest BCUT2D eigenvalue weighted by Gasteiger charge is 2.35. The van der Waals surface area contributed by atoms with Gasteiger partial charge in [-0.1, -0.05) is 0 Å². The van der Waals surface area contributed by atoms with Gasteiger partial charge in [0.05, 0.1) is 12.2 Å². The van der Waals surface area contributed by atoms with E-state index in [1.165, 1.54) is 11.3 Å². The van der Waals surface area contributed by atoms with Crippen molar-refractivity contribution in [3.8, 4) is 0 Å². The predicted octanol–water partition coefficient (Wildman–Crippen LogP) is 1.57. The highest BCUT2D eigenvalue weighted by atomic mass is 32.1. The third-order valence-electron chi connectivity index (χ3n) is 4.95. The van der Waals surface area contributed by atoms with Gasteiger partial charge in [-0.3, -0.25) is 9.20 Å². The van der Waals surface area contributed by atoms with Crippen molar-refractivity contribution in [1.82, 2.24) is 34.4 Å². The van der Waals surface area contributed by atoms with E-state index in [9.17, 15) is 4.79 Å². The van der Waals surface area contributed by atoms with Crippen molar-refractivity contribution in [2.24, 2.45) is 7.05 Å². The van der Waals surface area contributed by atoms with Crippen LogP contribution in [0.3, 0.4) is 0 Å². The fourth-order valence-corrected chi connectivity index (χ4v) is 4.28. The van der Waals surface area contributed by atoms with Crippen LogP contribution in [0, 0.1) is 6.92 Å². The summed E-state index contributed by atoms with van der Waals surface area (Å²) in [4.78, 5) is 20.0. The maximum atomic E-state index is 12.7. The third-order valence-corrected chi connectivity index (χ3v) is 5.70. The van der Waals surface area contributed by atoms with Crippen LogP contribution in [0.4, 0.5) is 0 Å². The first-order valence-electron chi connectivity index (χ1n) is 8.70. The van der Waals surface area contributed by atoms with E-state index < -0.39 is 0 Å². The number of fused-ring (bicyclic) bond motifs is 1.